The Bertz CT molecular complexity index is 919. The maximum Gasteiger partial charge on any atom is 0.245 e. The summed E-state index contributed by atoms with van der Waals surface area (Å²) in [6.45, 7) is 0.0250. The van der Waals surface area contributed by atoms with Crippen molar-refractivity contribution in [1.82, 2.24) is 9.55 Å². The van der Waals surface area contributed by atoms with Gasteiger partial charge in [0.2, 0.25) is 5.91 Å². The number of amides is 1. The molecule has 7 nitrogen and oxygen atoms in total. The Morgan fingerprint density at radius 2 is 2.12 bits per heavy atom. The van der Waals surface area contributed by atoms with Crippen molar-refractivity contribution in [1.29, 1.82) is 0 Å². The van der Waals surface area contributed by atoms with Crippen LogP contribution in [0.5, 0.6) is 11.5 Å². The Morgan fingerprint density at radius 1 is 1.28 bits per heavy atom. The van der Waals surface area contributed by atoms with Crippen LogP contribution in [0.1, 0.15) is 10.4 Å². The molecular weight excluding hydrogens is 322 g/mol. The summed E-state index contributed by atoms with van der Waals surface area (Å²) in [7, 11) is 3.07. The van der Waals surface area contributed by atoms with E-state index in [2.05, 4.69) is 10.3 Å². The van der Waals surface area contributed by atoms with Gasteiger partial charge in [0, 0.05) is 30.1 Å². The highest BCUT2D eigenvalue weighted by Crippen LogP contribution is 2.34. The second-order valence-electron chi connectivity index (χ2n) is 5.32. The van der Waals surface area contributed by atoms with Crippen LogP contribution < -0.4 is 14.8 Å². The van der Waals surface area contributed by atoms with Crippen LogP contribution in [0.3, 0.4) is 0 Å². The van der Waals surface area contributed by atoms with E-state index in [0.717, 1.165) is 6.29 Å². The number of anilines is 1. The van der Waals surface area contributed by atoms with E-state index >= 15 is 0 Å². The average Bonchev–Trinajstić information content (AvgIpc) is 2.99. The molecule has 0 aliphatic carbocycles. The lowest BCUT2D eigenvalue weighted by Gasteiger charge is -2.09. The van der Waals surface area contributed by atoms with Gasteiger partial charge in [0.05, 0.1) is 25.1 Å². The molecule has 0 aliphatic rings. The maximum absolute atomic E-state index is 12.3. The normalized spacial score (nSPS) is 10.5. The Morgan fingerprint density at radius 3 is 2.76 bits per heavy atom. The summed E-state index contributed by atoms with van der Waals surface area (Å²) in [6, 6.07) is 8.72. The van der Waals surface area contributed by atoms with E-state index in [0.29, 0.717) is 33.8 Å². The zero-order valence-corrected chi connectivity index (χ0v) is 13.9. The fourth-order valence-electron chi connectivity index (χ4n) is 2.67. The molecule has 3 rings (SSSR count). The smallest absolute Gasteiger partial charge is 0.245 e. The average molecular weight is 339 g/mol. The van der Waals surface area contributed by atoms with Gasteiger partial charge in [-0.2, -0.15) is 0 Å². The molecule has 0 spiro atoms. The zero-order valence-electron chi connectivity index (χ0n) is 13.9. The highest BCUT2D eigenvalue weighted by molar-refractivity contribution is 6.03. The number of carbonyl (C=O) groups excluding carboxylic acids is 2. The van der Waals surface area contributed by atoms with Crippen LogP contribution in [0.15, 0.2) is 42.7 Å². The van der Waals surface area contributed by atoms with E-state index in [1.54, 1.807) is 54.4 Å². The predicted molar refractivity (Wildman–Crippen MR) is 93.3 cm³/mol. The summed E-state index contributed by atoms with van der Waals surface area (Å²) in [6.07, 6.45) is 3.96. The molecule has 7 heteroatoms. The third-order valence-corrected chi connectivity index (χ3v) is 3.78. The number of carbonyl (C=O) groups is 2. The largest absolute Gasteiger partial charge is 0.497 e. The monoisotopic (exact) mass is 339 g/mol. The third kappa shape index (κ3) is 3.30. The Labute approximate surface area is 144 Å². The van der Waals surface area contributed by atoms with Gasteiger partial charge in [0.25, 0.3) is 0 Å². The van der Waals surface area contributed by atoms with E-state index in [1.165, 1.54) is 7.11 Å². The van der Waals surface area contributed by atoms with Crippen LogP contribution in [0.25, 0.3) is 10.9 Å². The number of aromatic nitrogens is 2. The fourth-order valence-corrected chi connectivity index (χ4v) is 2.67. The van der Waals surface area contributed by atoms with E-state index in [1.807, 2.05) is 0 Å². The minimum atomic E-state index is -0.255. The SMILES string of the molecule is COc1cc(OC)c2c(C=O)cn(CC(=O)Nc3ccccn3)c2c1. The molecule has 25 heavy (non-hydrogen) atoms. The molecule has 0 fully saturated rings. The van der Waals surface area contributed by atoms with E-state index in [9.17, 15) is 9.59 Å². The third-order valence-electron chi connectivity index (χ3n) is 3.78. The molecule has 0 aliphatic heterocycles. The van der Waals surface area contributed by atoms with E-state index in [4.69, 9.17) is 9.47 Å². The minimum Gasteiger partial charge on any atom is -0.497 e. The van der Waals surface area contributed by atoms with Gasteiger partial charge in [-0.3, -0.25) is 9.59 Å². The first-order valence-corrected chi connectivity index (χ1v) is 7.57. The first kappa shape index (κ1) is 16.5. The molecule has 0 saturated heterocycles. The number of pyridine rings is 1. The number of hydrogen-bond donors (Lipinski definition) is 1. The summed E-state index contributed by atoms with van der Waals surface area (Å²) < 4.78 is 12.3. The maximum atomic E-state index is 12.3. The van der Waals surface area contributed by atoms with Gasteiger partial charge in [-0.15, -0.1) is 0 Å². The van der Waals surface area contributed by atoms with Crippen molar-refractivity contribution in [2.75, 3.05) is 19.5 Å². The number of rotatable bonds is 6. The van der Waals surface area contributed by atoms with Crippen LogP contribution in [0.2, 0.25) is 0 Å². The number of fused-ring (bicyclic) bond motifs is 1. The first-order valence-electron chi connectivity index (χ1n) is 7.57. The Hall–Kier alpha value is -3.35. The molecule has 2 heterocycles. The molecule has 0 unspecified atom stereocenters. The predicted octanol–water partition coefficient (Wildman–Crippen LogP) is 2.50. The van der Waals surface area contributed by atoms with Gasteiger partial charge < -0.3 is 19.4 Å². The van der Waals surface area contributed by atoms with Crippen molar-refractivity contribution in [2.24, 2.45) is 0 Å². The van der Waals surface area contributed by atoms with Crippen LogP contribution in [0.4, 0.5) is 5.82 Å². The molecule has 3 aromatic rings. The summed E-state index contributed by atoms with van der Waals surface area (Å²) in [5, 5.41) is 3.36. The van der Waals surface area contributed by atoms with Crippen molar-refractivity contribution < 1.29 is 19.1 Å². The highest BCUT2D eigenvalue weighted by Gasteiger charge is 2.16. The lowest BCUT2D eigenvalue weighted by molar-refractivity contribution is -0.116. The summed E-state index contributed by atoms with van der Waals surface area (Å²) in [5.41, 5.74) is 1.12. The lowest BCUT2D eigenvalue weighted by Crippen LogP contribution is -2.18. The molecular formula is C18H17N3O4. The van der Waals surface area contributed by atoms with Gasteiger partial charge in [-0.1, -0.05) is 6.07 Å². The number of nitrogens with one attached hydrogen (secondary N) is 1. The van der Waals surface area contributed by atoms with Gasteiger partial charge in [0.15, 0.2) is 6.29 Å². The molecule has 2 aromatic heterocycles. The van der Waals surface area contributed by atoms with Gasteiger partial charge in [-0.05, 0) is 12.1 Å². The molecule has 0 radical (unpaired) electrons. The van der Waals surface area contributed by atoms with Crippen molar-refractivity contribution >= 4 is 28.9 Å². The molecule has 0 atom stereocenters. The van der Waals surface area contributed by atoms with Crippen molar-refractivity contribution in [3.63, 3.8) is 0 Å². The summed E-state index contributed by atoms with van der Waals surface area (Å²) in [4.78, 5) is 27.8. The fraction of sp³-hybridized carbons (Fsp3) is 0.167. The summed E-state index contributed by atoms with van der Waals surface area (Å²) >= 11 is 0. The van der Waals surface area contributed by atoms with E-state index in [-0.39, 0.29) is 12.5 Å². The second kappa shape index (κ2) is 7.04. The zero-order chi connectivity index (χ0) is 17.8. The molecule has 128 valence electrons. The Balaban J connectivity index is 1.98. The number of nitrogens with zero attached hydrogens (tertiary/aromatic N) is 2. The number of methoxy groups -OCH3 is 2. The molecule has 1 N–H and O–H groups in total. The van der Waals surface area contributed by atoms with Crippen LogP contribution in [-0.4, -0.2) is 36.0 Å². The lowest BCUT2D eigenvalue weighted by atomic mass is 10.1. The number of hydrogen-bond acceptors (Lipinski definition) is 5. The van der Waals surface area contributed by atoms with Gasteiger partial charge >= 0.3 is 0 Å². The second-order valence-corrected chi connectivity index (χ2v) is 5.32. The molecule has 0 bridgehead atoms. The van der Waals surface area contributed by atoms with Crippen molar-refractivity contribution in [3.8, 4) is 11.5 Å². The van der Waals surface area contributed by atoms with Crippen LogP contribution >= 0.6 is 0 Å². The van der Waals surface area contributed by atoms with Crippen LogP contribution in [0, 0.1) is 0 Å². The van der Waals surface area contributed by atoms with Crippen molar-refractivity contribution in [3.05, 3.63) is 48.3 Å². The Kier molecular flexibility index (Phi) is 4.65. The number of aldehydes is 1. The van der Waals surface area contributed by atoms with Gasteiger partial charge in [-0.25, -0.2) is 4.98 Å². The minimum absolute atomic E-state index is 0.0250. The molecule has 1 amide bonds. The van der Waals surface area contributed by atoms with E-state index < -0.39 is 0 Å². The quantitative estimate of drug-likeness (QED) is 0.698. The molecule has 1 aromatic carbocycles. The molecule has 0 saturated carbocycles. The van der Waals surface area contributed by atoms with Gasteiger partial charge in [0.1, 0.15) is 23.9 Å². The highest BCUT2D eigenvalue weighted by atomic mass is 16.5. The van der Waals surface area contributed by atoms with Crippen molar-refractivity contribution in [2.45, 2.75) is 6.54 Å². The first-order chi connectivity index (χ1) is 12.2. The standard InChI is InChI=1S/C18H17N3O4/c1-24-13-7-14-18(15(8-13)25-2)12(11-22)9-21(14)10-17(23)20-16-5-3-4-6-19-16/h3-9,11H,10H2,1-2H3,(H,19,20,23). The number of benzene rings is 1. The van der Waals surface area contributed by atoms with Crippen LogP contribution in [-0.2, 0) is 11.3 Å². The number of ether oxygens (including phenoxy) is 2. The summed E-state index contributed by atoms with van der Waals surface area (Å²) in [5.74, 6) is 1.30. The topological polar surface area (TPSA) is 82.5 Å².